The molecule has 3 aromatic carbocycles. The fraction of sp³-hybridized carbons (Fsp3) is 0.250. The number of nitriles is 2. The van der Waals surface area contributed by atoms with Gasteiger partial charge in [0.15, 0.2) is 0 Å². The fourth-order valence-corrected chi connectivity index (χ4v) is 5.09. The van der Waals surface area contributed by atoms with Crippen LogP contribution in [0.2, 0.25) is 0 Å². The third-order valence-electron chi connectivity index (χ3n) is 7.00. The summed E-state index contributed by atoms with van der Waals surface area (Å²) in [6, 6.07) is 24.3. The summed E-state index contributed by atoms with van der Waals surface area (Å²) in [6.45, 7) is 8.81. The summed E-state index contributed by atoms with van der Waals surface area (Å²) >= 11 is 1.09. The number of aliphatic imine (C=N–C) groups is 1. The Hall–Kier alpha value is -4.37. The zero-order valence-electron chi connectivity index (χ0n) is 22.9. The number of hydrogen-bond donors (Lipinski definition) is 0. The van der Waals surface area contributed by atoms with Gasteiger partial charge in [0.2, 0.25) is 5.91 Å². The molecule has 0 spiro atoms. The Morgan fingerprint density at radius 3 is 2.42 bits per heavy atom. The number of fused-ring (bicyclic) bond motifs is 1. The highest BCUT2D eigenvalue weighted by molar-refractivity contribution is 8.03. The third-order valence-corrected chi connectivity index (χ3v) is 7.60. The standard InChI is InChI=1S/C32H31N5O2S/c1-5-27(39-4)20-36(31(38)18-24-12-16-28(17-13-24)40-21-34)23(3)32-35-30-9-7-6-8-29(30)22(2)37(32)26-14-10-25(19-33)11-15-26/h6-17,23,27H,2,5,18,20H2,1,3-4H3. The van der Waals surface area contributed by atoms with Crippen LogP contribution in [0.3, 0.4) is 0 Å². The number of carbonyl (C=O) groups excluding carboxylic acids is 1. The zero-order chi connectivity index (χ0) is 28.6. The number of para-hydroxylation sites is 1. The van der Waals surface area contributed by atoms with Crippen LogP contribution in [0.15, 0.2) is 89.3 Å². The van der Waals surface area contributed by atoms with Crippen molar-refractivity contribution in [3.05, 3.63) is 96.1 Å². The Balaban J connectivity index is 1.74. The average molecular weight is 550 g/mol. The first kappa shape index (κ1) is 28.6. The number of amidine groups is 1. The molecule has 2 atom stereocenters. The van der Waals surface area contributed by atoms with E-state index < -0.39 is 6.04 Å². The number of thioether (sulfide) groups is 1. The van der Waals surface area contributed by atoms with E-state index >= 15 is 0 Å². The highest BCUT2D eigenvalue weighted by atomic mass is 32.2. The Morgan fingerprint density at radius 2 is 1.80 bits per heavy atom. The number of nitrogens with zero attached hydrogens (tertiary/aromatic N) is 5. The molecule has 1 heterocycles. The summed E-state index contributed by atoms with van der Waals surface area (Å²) in [5.74, 6) is 0.601. The van der Waals surface area contributed by atoms with Crippen molar-refractivity contribution in [2.24, 2.45) is 4.99 Å². The highest BCUT2D eigenvalue weighted by Gasteiger charge is 2.34. The molecule has 0 bridgehead atoms. The van der Waals surface area contributed by atoms with Crippen LogP contribution < -0.4 is 4.90 Å². The van der Waals surface area contributed by atoms with Gasteiger partial charge >= 0.3 is 0 Å². The van der Waals surface area contributed by atoms with Crippen molar-refractivity contribution in [2.45, 2.75) is 43.7 Å². The molecule has 3 aromatic rings. The van der Waals surface area contributed by atoms with Crippen molar-refractivity contribution in [1.82, 2.24) is 4.90 Å². The molecule has 0 N–H and O–H groups in total. The lowest BCUT2D eigenvalue weighted by Crippen LogP contribution is -2.52. The minimum Gasteiger partial charge on any atom is -0.380 e. The first-order valence-corrected chi connectivity index (χ1v) is 13.9. The van der Waals surface area contributed by atoms with Gasteiger partial charge in [-0.3, -0.25) is 9.69 Å². The Kier molecular flexibility index (Phi) is 9.39. The van der Waals surface area contributed by atoms with Crippen molar-refractivity contribution < 1.29 is 9.53 Å². The molecule has 8 heteroatoms. The van der Waals surface area contributed by atoms with E-state index in [4.69, 9.17) is 15.0 Å². The Bertz CT molecular complexity index is 1480. The second-order valence-corrected chi connectivity index (χ2v) is 10.3. The predicted molar refractivity (Wildman–Crippen MR) is 160 cm³/mol. The van der Waals surface area contributed by atoms with E-state index in [1.165, 1.54) is 0 Å². The van der Waals surface area contributed by atoms with E-state index in [2.05, 4.69) is 18.0 Å². The summed E-state index contributed by atoms with van der Waals surface area (Å²) in [5.41, 5.74) is 4.66. The molecule has 7 nitrogen and oxygen atoms in total. The summed E-state index contributed by atoms with van der Waals surface area (Å²) in [7, 11) is 1.66. The molecule has 1 amide bonds. The number of amides is 1. The number of anilines is 1. The van der Waals surface area contributed by atoms with E-state index in [-0.39, 0.29) is 18.4 Å². The summed E-state index contributed by atoms with van der Waals surface area (Å²) in [6.07, 6.45) is 0.793. The number of thiocyanates is 1. The molecule has 0 aromatic heterocycles. The van der Waals surface area contributed by atoms with Crippen LogP contribution in [0.4, 0.5) is 11.4 Å². The van der Waals surface area contributed by atoms with Gasteiger partial charge in [-0.1, -0.05) is 43.8 Å². The van der Waals surface area contributed by atoms with Gasteiger partial charge in [-0.05, 0) is 73.1 Å². The van der Waals surface area contributed by atoms with Crippen LogP contribution in [-0.2, 0) is 16.0 Å². The first-order chi connectivity index (χ1) is 19.4. The van der Waals surface area contributed by atoms with Gasteiger partial charge in [-0.2, -0.15) is 10.5 Å². The number of hydrogen-bond acceptors (Lipinski definition) is 7. The molecule has 0 saturated carbocycles. The molecule has 1 aliphatic rings. The number of methoxy groups -OCH3 is 1. The van der Waals surface area contributed by atoms with E-state index in [9.17, 15) is 10.1 Å². The molecule has 202 valence electrons. The number of ether oxygens (including phenoxy) is 1. The zero-order valence-corrected chi connectivity index (χ0v) is 23.7. The van der Waals surface area contributed by atoms with E-state index in [0.29, 0.717) is 17.9 Å². The van der Waals surface area contributed by atoms with E-state index in [0.717, 1.165) is 51.3 Å². The predicted octanol–water partition coefficient (Wildman–Crippen LogP) is 6.54. The third kappa shape index (κ3) is 6.26. The monoisotopic (exact) mass is 549 g/mol. The lowest BCUT2D eigenvalue weighted by atomic mass is 10.0. The molecule has 1 aliphatic heterocycles. The molecule has 40 heavy (non-hydrogen) atoms. The van der Waals surface area contributed by atoms with Crippen LogP contribution in [-0.4, -0.2) is 42.4 Å². The van der Waals surface area contributed by atoms with Crippen LogP contribution in [0, 0.1) is 22.0 Å². The van der Waals surface area contributed by atoms with Gasteiger partial charge < -0.3 is 9.64 Å². The van der Waals surface area contributed by atoms with Crippen molar-refractivity contribution in [3.8, 4) is 11.5 Å². The second-order valence-electron chi connectivity index (χ2n) is 9.43. The quantitative estimate of drug-likeness (QED) is 0.211. The lowest BCUT2D eigenvalue weighted by Gasteiger charge is -2.40. The topological polar surface area (TPSA) is 92.7 Å². The van der Waals surface area contributed by atoms with Crippen molar-refractivity contribution in [1.29, 1.82) is 10.5 Å². The van der Waals surface area contributed by atoms with Gasteiger partial charge in [0.1, 0.15) is 11.2 Å². The largest absolute Gasteiger partial charge is 0.380 e. The molecule has 2 unspecified atom stereocenters. The molecule has 0 fully saturated rings. The van der Waals surface area contributed by atoms with Gasteiger partial charge in [0.05, 0.1) is 35.9 Å². The summed E-state index contributed by atoms with van der Waals surface area (Å²) < 4.78 is 5.70. The van der Waals surface area contributed by atoms with Crippen molar-refractivity contribution in [3.63, 3.8) is 0 Å². The highest BCUT2D eigenvalue weighted by Crippen LogP contribution is 2.37. The molecule has 0 radical (unpaired) electrons. The molecule has 0 saturated heterocycles. The number of benzene rings is 3. The van der Waals surface area contributed by atoms with Gasteiger partial charge in [0, 0.05) is 35.5 Å². The lowest BCUT2D eigenvalue weighted by molar-refractivity contribution is -0.133. The fourth-order valence-electron chi connectivity index (χ4n) is 4.71. The molecule has 4 rings (SSSR count). The average Bonchev–Trinajstić information content (AvgIpc) is 2.98. The van der Waals surface area contributed by atoms with Gasteiger partial charge in [-0.15, -0.1) is 0 Å². The number of rotatable bonds is 10. The maximum absolute atomic E-state index is 13.9. The van der Waals surface area contributed by atoms with Crippen LogP contribution in [0.1, 0.15) is 37.0 Å². The minimum atomic E-state index is -0.425. The Morgan fingerprint density at radius 1 is 1.10 bits per heavy atom. The number of carbonyl (C=O) groups is 1. The summed E-state index contributed by atoms with van der Waals surface area (Å²) in [4.78, 5) is 23.6. The first-order valence-electron chi connectivity index (χ1n) is 13.0. The minimum absolute atomic E-state index is 0.0596. The van der Waals surface area contributed by atoms with Crippen LogP contribution in [0.25, 0.3) is 5.70 Å². The molecular formula is C32H31N5O2S. The van der Waals surface area contributed by atoms with Crippen molar-refractivity contribution in [2.75, 3.05) is 18.6 Å². The van der Waals surface area contributed by atoms with E-state index in [1.54, 1.807) is 19.2 Å². The normalized spacial score (nSPS) is 13.9. The SMILES string of the molecule is C=C1c2ccccc2N=C(C(C)N(CC(CC)OC)C(=O)Cc2ccc(SC#N)cc2)N1c1ccc(C#N)cc1. The molecule has 0 aliphatic carbocycles. The van der Waals surface area contributed by atoms with Gasteiger partial charge in [-0.25, -0.2) is 4.99 Å². The van der Waals surface area contributed by atoms with E-state index in [1.807, 2.05) is 84.3 Å². The summed E-state index contributed by atoms with van der Waals surface area (Å²) in [5, 5.41) is 20.3. The smallest absolute Gasteiger partial charge is 0.227 e. The van der Waals surface area contributed by atoms with Crippen LogP contribution in [0.5, 0.6) is 0 Å². The van der Waals surface area contributed by atoms with Crippen molar-refractivity contribution >= 4 is 40.6 Å². The Labute approximate surface area is 240 Å². The maximum atomic E-state index is 13.9. The molecular weight excluding hydrogens is 518 g/mol. The second kappa shape index (κ2) is 13.1. The van der Waals surface area contributed by atoms with Gasteiger partial charge in [0.25, 0.3) is 0 Å². The van der Waals surface area contributed by atoms with Crippen LogP contribution >= 0.6 is 11.8 Å². The maximum Gasteiger partial charge on any atom is 0.227 e.